The largest absolute Gasteiger partial charge is 0.350 e. The van der Waals surface area contributed by atoms with Crippen molar-refractivity contribution in [2.24, 2.45) is 0 Å². The molecule has 0 saturated heterocycles. The van der Waals surface area contributed by atoms with Crippen LogP contribution in [0.3, 0.4) is 0 Å². The van der Waals surface area contributed by atoms with Gasteiger partial charge in [-0.1, -0.05) is 0 Å². The van der Waals surface area contributed by atoms with Crippen molar-refractivity contribution in [1.29, 1.82) is 0 Å². The third-order valence-electron chi connectivity index (χ3n) is 5.80. The molecule has 1 aliphatic rings. The van der Waals surface area contributed by atoms with Crippen molar-refractivity contribution >= 4 is 17.1 Å². The molecule has 0 N–H and O–H groups in total. The first-order chi connectivity index (χ1) is 15.2. The lowest BCUT2D eigenvalue weighted by Crippen LogP contribution is -2.33. The highest BCUT2D eigenvalue weighted by Gasteiger charge is 2.21. The van der Waals surface area contributed by atoms with E-state index in [0.29, 0.717) is 12.2 Å². The SMILES string of the molecule is Cc1cc2nccc(=O)n2nc1N1CCc2ncc(-c3ccc4nccn4c3)cc2C1. The summed E-state index contributed by atoms with van der Waals surface area (Å²) in [6.45, 7) is 3.50. The molecule has 6 rings (SSSR count). The van der Waals surface area contributed by atoms with E-state index < -0.39 is 0 Å². The standard InChI is InChI=1S/C23H19N7O/c1-15-10-21-24-6-4-22(31)30(21)27-23(15)29-8-5-19-18(14-29)11-17(12-26-19)16-2-3-20-25-7-9-28(20)13-16/h2-4,6-7,9-13H,5,8,14H2,1H3. The number of nitrogens with zero attached hydrogens (tertiary/aromatic N) is 7. The van der Waals surface area contributed by atoms with Crippen molar-refractivity contribution < 1.29 is 0 Å². The van der Waals surface area contributed by atoms with Crippen LogP contribution in [0.15, 0.2) is 66.1 Å². The van der Waals surface area contributed by atoms with Gasteiger partial charge in [-0.2, -0.15) is 4.52 Å². The van der Waals surface area contributed by atoms with Crippen molar-refractivity contribution in [3.8, 4) is 11.1 Å². The van der Waals surface area contributed by atoms with Crippen LogP contribution in [0.5, 0.6) is 0 Å². The van der Waals surface area contributed by atoms with Crippen LogP contribution in [0.4, 0.5) is 5.82 Å². The average molecular weight is 409 g/mol. The number of imidazole rings is 1. The zero-order chi connectivity index (χ0) is 20.9. The molecule has 0 radical (unpaired) electrons. The molecule has 31 heavy (non-hydrogen) atoms. The predicted octanol–water partition coefficient (Wildman–Crippen LogP) is 2.67. The van der Waals surface area contributed by atoms with Crippen molar-refractivity contribution in [3.63, 3.8) is 0 Å². The summed E-state index contributed by atoms with van der Waals surface area (Å²) >= 11 is 0. The maximum Gasteiger partial charge on any atom is 0.274 e. The average Bonchev–Trinajstić information content (AvgIpc) is 3.26. The first-order valence-electron chi connectivity index (χ1n) is 10.2. The lowest BCUT2D eigenvalue weighted by atomic mass is 10.0. The maximum atomic E-state index is 12.2. The molecule has 0 aliphatic carbocycles. The van der Waals surface area contributed by atoms with Gasteiger partial charge in [-0.15, -0.1) is 5.10 Å². The monoisotopic (exact) mass is 409 g/mol. The number of hydrogen-bond donors (Lipinski definition) is 0. The minimum absolute atomic E-state index is 0.178. The van der Waals surface area contributed by atoms with Gasteiger partial charge in [0.1, 0.15) is 5.65 Å². The molecule has 0 amide bonds. The fourth-order valence-electron chi connectivity index (χ4n) is 4.21. The summed E-state index contributed by atoms with van der Waals surface area (Å²) in [5.41, 5.74) is 6.75. The molecule has 0 spiro atoms. The Morgan fingerprint density at radius 3 is 2.81 bits per heavy atom. The molecule has 5 aromatic heterocycles. The molecule has 152 valence electrons. The fraction of sp³-hybridized carbons (Fsp3) is 0.174. The molecular weight excluding hydrogens is 390 g/mol. The Labute approximate surface area is 177 Å². The van der Waals surface area contributed by atoms with Gasteiger partial charge < -0.3 is 9.30 Å². The summed E-state index contributed by atoms with van der Waals surface area (Å²) < 4.78 is 3.38. The fourth-order valence-corrected chi connectivity index (χ4v) is 4.21. The summed E-state index contributed by atoms with van der Waals surface area (Å²) in [5.74, 6) is 0.804. The van der Waals surface area contributed by atoms with E-state index in [0.717, 1.165) is 46.8 Å². The first-order valence-corrected chi connectivity index (χ1v) is 10.2. The normalized spacial score (nSPS) is 13.6. The van der Waals surface area contributed by atoms with E-state index in [9.17, 15) is 4.79 Å². The quantitative estimate of drug-likeness (QED) is 0.446. The Balaban J connectivity index is 1.38. The third-order valence-corrected chi connectivity index (χ3v) is 5.80. The maximum absolute atomic E-state index is 12.2. The van der Waals surface area contributed by atoms with E-state index in [1.165, 1.54) is 22.3 Å². The summed E-state index contributed by atoms with van der Waals surface area (Å²) in [7, 11) is 0. The topological polar surface area (TPSA) is 80.7 Å². The van der Waals surface area contributed by atoms with Crippen LogP contribution < -0.4 is 10.5 Å². The molecule has 8 nitrogen and oxygen atoms in total. The second-order valence-corrected chi connectivity index (χ2v) is 7.82. The van der Waals surface area contributed by atoms with Crippen molar-refractivity contribution in [2.45, 2.75) is 19.9 Å². The van der Waals surface area contributed by atoms with E-state index in [-0.39, 0.29) is 5.56 Å². The zero-order valence-electron chi connectivity index (χ0n) is 16.9. The van der Waals surface area contributed by atoms with Gasteiger partial charge in [-0.25, -0.2) is 9.97 Å². The third kappa shape index (κ3) is 2.95. The molecule has 0 bridgehead atoms. The Bertz CT molecular complexity index is 1520. The van der Waals surface area contributed by atoms with Gasteiger partial charge in [-0.3, -0.25) is 9.78 Å². The highest BCUT2D eigenvalue weighted by Crippen LogP contribution is 2.28. The molecule has 0 fully saturated rings. The van der Waals surface area contributed by atoms with E-state index in [1.807, 2.05) is 35.9 Å². The summed E-state index contributed by atoms with van der Waals surface area (Å²) in [6, 6.07) is 9.62. The number of aromatic nitrogens is 6. The van der Waals surface area contributed by atoms with Crippen molar-refractivity contribution in [3.05, 3.63) is 88.5 Å². The molecule has 0 unspecified atom stereocenters. The minimum atomic E-state index is -0.178. The van der Waals surface area contributed by atoms with Gasteiger partial charge in [0.2, 0.25) is 0 Å². The molecule has 0 atom stereocenters. The molecule has 6 heterocycles. The number of hydrogen-bond acceptors (Lipinski definition) is 6. The highest BCUT2D eigenvalue weighted by molar-refractivity contribution is 5.65. The Kier molecular flexibility index (Phi) is 3.86. The molecule has 0 saturated carbocycles. The van der Waals surface area contributed by atoms with Gasteiger partial charge in [0.25, 0.3) is 5.56 Å². The predicted molar refractivity (Wildman–Crippen MR) is 117 cm³/mol. The lowest BCUT2D eigenvalue weighted by Gasteiger charge is -2.30. The van der Waals surface area contributed by atoms with Gasteiger partial charge >= 0.3 is 0 Å². The minimum Gasteiger partial charge on any atom is -0.350 e. The number of aryl methyl sites for hydroxylation is 1. The smallest absolute Gasteiger partial charge is 0.274 e. The van der Waals surface area contributed by atoms with Crippen LogP contribution >= 0.6 is 0 Å². The molecule has 1 aliphatic heterocycles. The van der Waals surface area contributed by atoms with Crippen molar-refractivity contribution in [2.75, 3.05) is 11.4 Å². The van der Waals surface area contributed by atoms with Gasteiger partial charge in [0.15, 0.2) is 11.5 Å². The van der Waals surface area contributed by atoms with Gasteiger partial charge in [0, 0.05) is 73.4 Å². The Hall–Kier alpha value is -4.07. The molecular formula is C23H19N7O. The van der Waals surface area contributed by atoms with Crippen LogP contribution in [-0.2, 0) is 13.0 Å². The van der Waals surface area contributed by atoms with E-state index >= 15 is 0 Å². The number of rotatable bonds is 2. The summed E-state index contributed by atoms with van der Waals surface area (Å²) in [4.78, 5) is 27.7. The van der Waals surface area contributed by atoms with Crippen LogP contribution in [-0.4, -0.2) is 35.5 Å². The number of pyridine rings is 2. The van der Waals surface area contributed by atoms with Crippen LogP contribution in [0.2, 0.25) is 0 Å². The number of fused-ring (bicyclic) bond motifs is 3. The molecule has 0 aromatic carbocycles. The second-order valence-electron chi connectivity index (χ2n) is 7.82. The Morgan fingerprint density at radius 1 is 0.968 bits per heavy atom. The van der Waals surface area contributed by atoms with Gasteiger partial charge in [-0.05, 0) is 42.3 Å². The van der Waals surface area contributed by atoms with Gasteiger partial charge in [0.05, 0.1) is 0 Å². The summed E-state index contributed by atoms with van der Waals surface area (Å²) in [5, 5.41) is 4.62. The lowest BCUT2D eigenvalue weighted by molar-refractivity contribution is 0.685. The van der Waals surface area contributed by atoms with E-state index in [1.54, 1.807) is 6.20 Å². The van der Waals surface area contributed by atoms with Crippen LogP contribution in [0.1, 0.15) is 16.8 Å². The van der Waals surface area contributed by atoms with E-state index in [2.05, 4.69) is 38.3 Å². The highest BCUT2D eigenvalue weighted by atomic mass is 16.1. The zero-order valence-corrected chi connectivity index (χ0v) is 16.9. The second kappa shape index (κ2) is 6.73. The van der Waals surface area contributed by atoms with Crippen LogP contribution in [0, 0.1) is 6.92 Å². The summed E-state index contributed by atoms with van der Waals surface area (Å²) in [6.07, 6.45) is 10.1. The van der Waals surface area contributed by atoms with Crippen molar-refractivity contribution in [1.82, 2.24) is 29.0 Å². The first kappa shape index (κ1) is 17.8. The number of anilines is 1. The van der Waals surface area contributed by atoms with E-state index in [4.69, 9.17) is 4.98 Å². The molecule has 8 heteroatoms. The Morgan fingerprint density at radius 2 is 1.87 bits per heavy atom. The van der Waals surface area contributed by atoms with Crippen LogP contribution in [0.25, 0.3) is 22.4 Å². The molecule has 5 aromatic rings.